The van der Waals surface area contributed by atoms with Gasteiger partial charge in [-0.2, -0.15) is 0 Å². The second-order valence-corrected chi connectivity index (χ2v) is 5.83. The molecule has 1 aliphatic heterocycles. The van der Waals surface area contributed by atoms with Crippen LogP contribution in [0.3, 0.4) is 0 Å². The van der Waals surface area contributed by atoms with Crippen molar-refractivity contribution in [2.45, 2.75) is 0 Å². The molecule has 0 aromatic heterocycles. The first-order chi connectivity index (χ1) is 12.5. The third-order valence-electron chi connectivity index (χ3n) is 3.85. The quantitative estimate of drug-likeness (QED) is 0.508. The Morgan fingerprint density at radius 2 is 1.73 bits per heavy atom. The molecule has 1 N–H and O–H groups in total. The van der Waals surface area contributed by atoms with Gasteiger partial charge in [-0.3, -0.25) is 9.69 Å². The van der Waals surface area contributed by atoms with Gasteiger partial charge in [0.1, 0.15) is 11.4 Å². The molecule has 0 aliphatic carbocycles. The number of methoxy groups -OCH3 is 2. The zero-order valence-electron chi connectivity index (χ0n) is 14.2. The van der Waals surface area contributed by atoms with Crippen molar-refractivity contribution in [3.63, 3.8) is 0 Å². The summed E-state index contributed by atoms with van der Waals surface area (Å²) in [4.78, 5) is 25.6. The maximum Gasteiger partial charge on any atom is 0.337 e. The summed E-state index contributed by atoms with van der Waals surface area (Å²) < 4.78 is 9.79. The van der Waals surface area contributed by atoms with Crippen LogP contribution in [0.1, 0.15) is 15.9 Å². The molecular weight excluding hydrogens is 352 g/mol. The van der Waals surface area contributed by atoms with Gasteiger partial charge in [-0.25, -0.2) is 4.79 Å². The average Bonchev–Trinajstić information content (AvgIpc) is 2.95. The highest BCUT2D eigenvalue weighted by atomic mass is 32.1. The lowest BCUT2D eigenvalue weighted by Crippen LogP contribution is -2.30. The number of esters is 1. The Hall–Kier alpha value is -3.19. The maximum atomic E-state index is 12.7. The largest absolute Gasteiger partial charge is 0.497 e. The van der Waals surface area contributed by atoms with Crippen LogP contribution in [0.2, 0.25) is 0 Å². The van der Waals surface area contributed by atoms with Crippen LogP contribution in [-0.2, 0) is 9.53 Å². The zero-order chi connectivity index (χ0) is 18.7. The van der Waals surface area contributed by atoms with E-state index in [1.165, 1.54) is 12.0 Å². The van der Waals surface area contributed by atoms with E-state index in [2.05, 4.69) is 10.1 Å². The Morgan fingerprint density at radius 1 is 1.08 bits per heavy atom. The Balaban J connectivity index is 1.83. The highest BCUT2D eigenvalue weighted by Gasteiger charge is 2.31. The van der Waals surface area contributed by atoms with E-state index in [9.17, 15) is 9.59 Å². The summed E-state index contributed by atoms with van der Waals surface area (Å²) >= 11 is 5.29. The maximum absolute atomic E-state index is 12.7. The minimum absolute atomic E-state index is 0.253. The van der Waals surface area contributed by atoms with Gasteiger partial charge >= 0.3 is 5.97 Å². The van der Waals surface area contributed by atoms with Crippen LogP contribution in [0.4, 0.5) is 5.69 Å². The number of carbonyl (C=O) groups is 2. The van der Waals surface area contributed by atoms with Crippen molar-refractivity contribution in [1.29, 1.82) is 0 Å². The monoisotopic (exact) mass is 368 g/mol. The lowest BCUT2D eigenvalue weighted by Gasteiger charge is -2.14. The van der Waals surface area contributed by atoms with E-state index in [1.54, 1.807) is 61.7 Å². The number of benzene rings is 2. The molecule has 0 spiro atoms. The standard InChI is InChI=1S/C19H16N2O4S/c1-24-15-9-7-14(8-10-15)21-17(22)16(20-19(21)26)11-12-3-5-13(6-4-12)18(23)25-2/h3-11H,1-2H3,(H,20,26)/b16-11-. The number of anilines is 1. The number of rotatable bonds is 4. The van der Waals surface area contributed by atoms with E-state index in [0.717, 1.165) is 5.56 Å². The molecule has 0 saturated carbocycles. The predicted molar refractivity (Wildman–Crippen MR) is 102 cm³/mol. The first-order valence-corrected chi connectivity index (χ1v) is 8.14. The average molecular weight is 368 g/mol. The topological polar surface area (TPSA) is 67.9 Å². The Bertz CT molecular complexity index is 889. The summed E-state index contributed by atoms with van der Waals surface area (Å²) in [6.07, 6.45) is 1.68. The molecule has 0 atom stereocenters. The van der Waals surface area contributed by atoms with Crippen LogP contribution in [-0.4, -0.2) is 31.2 Å². The highest BCUT2D eigenvalue weighted by molar-refractivity contribution is 7.80. The van der Waals surface area contributed by atoms with Crippen molar-refractivity contribution in [2.75, 3.05) is 19.1 Å². The van der Waals surface area contributed by atoms with Crippen LogP contribution in [0.5, 0.6) is 5.75 Å². The molecule has 1 heterocycles. The molecule has 1 amide bonds. The van der Waals surface area contributed by atoms with Crippen LogP contribution in [0, 0.1) is 0 Å². The van der Waals surface area contributed by atoms with E-state index in [-0.39, 0.29) is 5.91 Å². The number of nitrogens with zero attached hydrogens (tertiary/aromatic N) is 1. The number of hydrogen-bond donors (Lipinski definition) is 1. The molecule has 0 radical (unpaired) electrons. The summed E-state index contributed by atoms with van der Waals surface area (Å²) in [6.45, 7) is 0. The number of ether oxygens (including phenoxy) is 2. The van der Waals surface area contributed by atoms with Gasteiger partial charge in [0.2, 0.25) is 0 Å². The summed E-state index contributed by atoms with van der Waals surface area (Å²) in [5, 5.41) is 3.23. The van der Waals surface area contributed by atoms with Gasteiger partial charge in [-0.05, 0) is 60.3 Å². The molecule has 2 aromatic carbocycles. The van der Waals surface area contributed by atoms with Crippen LogP contribution < -0.4 is 15.0 Å². The van der Waals surface area contributed by atoms with Crippen LogP contribution in [0.25, 0.3) is 6.08 Å². The second-order valence-electron chi connectivity index (χ2n) is 5.44. The van der Waals surface area contributed by atoms with Gasteiger partial charge < -0.3 is 14.8 Å². The molecule has 3 rings (SSSR count). The number of nitrogens with one attached hydrogen (secondary N) is 1. The van der Waals surface area contributed by atoms with Gasteiger partial charge in [0.15, 0.2) is 5.11 Å². The summed E-state index contributed by atoms with van der Waals surface area (Å²) in [6, 6.07) is 13.8. The molecule has 7 heteroatoms. The molecule has 132 valence electrons. The minimum Gasteiger partial charge on any atom is -0.497 e. The van der Waals surface area contributed by atoms with Crippen molar-refractivity contribution in [1.82, 2.24) is 5.32 Å². The molecule has 26 heavy (non-hydrogen) atoms. The Morgan fingerprint density at radius 3 is 2.31 bits per heavy atom. The van der Waals surface area contributed by atoms with Gasteiger partial charge in [0, 0.05) is 0 Å². The first kappa shape index (κ1) is 17.6. The Labute approximate surface area is 156 Å². The van der Waals surface area contributed by atoms with Crippen LogP contribution >= 0.6 is 12.2 Å². The minimum atomic E-state index is -0.411. The molecule has 2 aromatic rings. The third kappa shape index (κ3) is 3.43. The first-order valence-electron chi connectivity index (χ1n) is 7.73. The number of amides is 1. The zero-order valence-corrected chi connectivity index (χ0v) is 15.0. The molecule has 6 nitrogen and oxygen atoms in total. The van der Waals surface area contributed by atoms with Gasteiger partial charge in [-0.15, -0.1) is 0 Å². The number of thiocarbonyl (C=S) groups is 1. The molecule has 0 bridgehead atoms. The van der Waals surface area contributed by atoms with Gasteiger partial charge in [-0.1, -0.05) is 12.1 Å². The van der Waals surface area contributed by atoms with E-state index in [0.29, 0.717) is 27.8 Å². The van der Waals surface area contributed by atoms with E-state index in [1.807, 2.05) is 0 Å². The highest BCUT2D eigenvalue weighted by Crippen LogP contribution is 2.24. The van der Waals surface area contributed by atoms with Crippen molar-refractivity contribution in [3.05, 3.63) is 65.4 Å². The van der Waals surface area contributed by atoms with Gasteiger partial charge in [0.05, 0.1) is 25.5 Å². The third-order valence-corrected chi connectivity index (χ3v) is 4.14. The Kier molecular flexibility index (Phi) is 4.99. The van der Waals surface area contributed by atoms with E-state index >= 15 is 0 Å². The fourth-order valence-corrected chi connectivity index (χ4v) is 2.80. The van der Waals surface area contributed by atoms with Gasteiger partial charge in [0.25, 0.3) is 5.91 Å². The smallest absolute Gasteiger partial charge is 0.337 e. The molecule has 1 saturated heterocycles. The molecule has 1 aliphatic rings. The summed E-state index contributed by atoms with van der Waals surface area (Å²) in [5.41, 5.74) is 2.21. The normalized spacial score (nSPS) is 15.2. The number of hydrogen-bond acceptors (Lipinski definition) is 5. The lowest BCUT2D eigenvalue weighted by molar-refractivity contribution is -0.113. The van der Waals surface area contributed by atoms with Crippen molar-refractivity contribution < 1.29 is 19.1 Å². The van der Waals surface area contributed by atoms with Crippen molar-refractivity contribution >= 4 is 41.0 Å². The van der Waals surface area contributed by atoms with Crippen LogP contribution in [0.15, 0.2) is 54.2 Å². The number of carbonyl (C=O) groups excluding carboxylic acids is 2. The van der Waals surface area contributed by atoms with E-state index < -0.39 is 5.97 Å². The lowest BCUT2D eigenvalue weighted by atomic mass is 10.1. The van der Waals surface area contributed by atoms with Crippen molar-refractivity contribution in [3.8, 4) is 5.75 Å². The molecule has 1 fully saturated rings. The molecular formula is C19H16N2O4S. The van der Waals surface area contributed by atoms with Crippen molar-refractivity contribution in [2.24, 2.45) is 0 Å². The second kappa shape index (κ2) is 7.37. The summed E-state index contributed by atoms with van der Waals surface area (Å²) in [5.74, 6) is 0.0316. The van der Waals surface area contributed by atoms with E-state index in [4.69, 9.17) is 17.0 Å². The summed E-state index contributed by atoms with van der Waals surface area (Å²) in [7, 11) is 2.91. The fraction of sp³-hybridized carbons (Fsp3) is 0.105. The predicted octanol–water partition coefficient (Wildman–Crippen LogP) is 2.74. The SMILES string of the molecule is COC(=O)c1ccc(/C=C2\NC(=S)N(c3ccc(OC)cc3)C2=O)cc1. The fourth-order valence-electron chi connectivity index (χ4n) is 2.50. The molecule has 0 unspecified atom stereocenters.